The average molecular weight is 322 g/mol. The maximum atomic E-state index is 10.1. The third-order valence-electron chi connectivity index (χ3n) is 3.34. The second kappa shape index (κ2) is 8.03. The second-order valence-electron chi connectivity index (χ2n) is 4.87. The Morgan fingerprint density at radius 3 is 2.50 bits per heavy atom. The summed E-state index contributed by atoms with van der Waals surface area (Å²) in [6.07, 6.45) is -0.545. The zero-order valence-corrected chi connectivity index (χ0v) is 13.4. The highest BCUT2D eigenvalue weighted by Gasteiger charge is 2.11. The van der Waals surface area contributed by atoms with Crippen molar-refractivity contribution in [3.8, 4) is 11.5 Å². The van der Waals surface area contributed by atoms with Crippen molar-refractivity contribution in [2.75, 3.05) is 20.8 Å². The summed E-state index contributed by atoms with van der Waals surface area (Å²) in [4.78, 5) is 0. The van der Waals surface area contributed by atoms with Crippen molar-refractivity contribution in [1.82, 2.24) is 5.32 Å². The van der Waals surface area contributed by atoms with Gasteiger partial charge in [-0.05, 0) is 23.3 Å². The average Bonchev–Trinajstić information content (AvgIpc) is 2.55. The monoisotopic (exact) mass is 321 g/mol. The van der Waals surface area contributed by atoms with Crippen LogP contribution in [0.4, 0.5) is 0 Å². The van der Waals surface area contributed by atoms with E-state index in [1.165, 1.54) is 0 Å². The third kappa shape index (κ3) is 4.13. The Kier molecular flexibility index (Phi) is 6.07. The number of hydrogen-bond acceptors (Lipinski definition) is 4. The lowest BCUT2D eigenvalue weighted by molar-refractivity contribution is 0.174. The Morgan fingerprint density at radius 1 is 1.14 bits per heavy atom. The third-order valence-corrected chi connectivity index (χ3v) is 3.63. The molecule has 0 saturated heterocycles. The molecule has 0 unspecified atom stereocenters. The lowest BCUT2D eigenvalue weighted by Crippen LogP contribution is -2.21. The maximum absolute atomic E-state index is 10.1. The molecule has 0 aromatic heterocycles. The van der Waals surface area contributed by atoms with Crippen LogP contribution in [-0.4, -0.2) is 25.9 Å². The van der Waals surface area contributed by atoms with E-state index in [1.54, 1.807) is 14.2 Å². The summed E-state index contributed by atoms with van der Waals surface area (Å²) in [7, 11) is 3.13. The number of aliphatic hydroxyl groups is 1. The maximum Gasteiger partial charge on any atom is 0.179 e. The summed E-state index contributed by atoms with van der Waals surface area (Å²) in [5.74, 6) is 1.12. The minimum absolute atomic E-state index is 0.454. The highest BCUT2D eigenvalue weighted by molar-refractivity contribution is 6.32. The molecule has 0 amide bonds. The van der Waals surface area contributed by atoms with Gasteiger partial charge in [0.25, 0.3) is 0 Å². The first kappa shape index (κ1) is 16.6. The highest BCUT2D eigenvalue weighted by Crippen LogP contribution is 2.35. The largest absolute Gasteiger partial charge is 0.493 e. The van der Waals surface area contributed by atoms with E-state index in [9.17, 15) is 5.11 Å². The number of halogens is 1. The minimum Gasteiger partial charge on any atom is -0.493 e. The van der Waals surface area contributed by atoms with Crippen molar-refractivity contribution >= 4 is 11.6 Å². The van der Waals surface area contributed by atoms with E-state index in [0.29, 0.717) is 29.6 Å². The highest BCUT2D eigenvalue weighted by atomic mass is 35.5. The lowest BCUT2D eigenvalue weighted by atomic mass is 10.1. The summed E-state index contributed by atoms with van der Waals surface area (Å²) in [6.45, 7) is 1.03. The molecule has 0 aliphatic rings. The van der Waals surface area contributed by atoms with Gasteiger partial charge in [-0.3, -0.25) is 0 Å². The normalized spacial score (nSPS) is 12.0. The number of ether oxygens (including phenoxy) is 2. The molecule has 0 spiro atoms. The number of hydrogen-bond donors (Lipinski definition) is 2. The van der Waals surface area contributed by atoms with Crippen LogP contribution in [0.25, 0.3) is 0 Å². The molecular formula is C17H20ClNO3. The van der Waals surface area contributed by atoms with Crippen molar-refractivity contribution in [2.45, 2.75) is 12.6 Å². The molecule has 0 heterocycles. The van der Waals surface area contributed by atoms with Crippen molar-refractivity contribution in [3.05, 3.63) is 58.6 Å². The van der Waals surface area contributed by atoms with Gasteiger partial charge in [-0.1, -0.05) is 41.9 Å². The predicted molar refractivity (Wildman–Crippen MR) is 87.7 cm³/mol. The fraction of sp³-hybridized carbons (Fsp3) is 0.294. The van der Waals surface area contributed by atoms with E-state index in [1.807, 2.05) is 42.5 Å². The number of nitrogens with one attached hydrogen (secondary N) is 1. The number of rotatable bonds is 7. The molecule has 2 aromatic rings. The van der Waals surface area contributed by atoms with Gasteiger partial charge in [0.15, 0.2) is 11.5 Å². The molecule has 0 radical (unpaired) electrons. The number of aliphatic hydroxyl groups excluding tert-OH is 1. The summed E-state index contributed by atoms with van der Waals surface area (Å²) in [5, 5.41) is 13.8. The van der Waals surface area contributed by atoms with E-state index in [0.717, 1.165) is 11.1 Å². The van der Waals surface area contributed by atoms with Crippen LogP contribution in [0.15, 0.2) is 42.5 Å². The van der Waals surface area contributed by atoms with Gasteiger partial charge in [-0.15, -0.1) is 0 Å². The molecule has 2 N–H and O–H groups in total. The van der Waals surface area contributed by atoms with Gasteiger partial charge in [0.2, 0.25) is 0 Å². The fourth-order valence-corrected chi connectivity index (χ4v) is 2.53. The molecule has 118 valence electrons. The Balaban J connectivity index is 1.96. The quantitative estimate of drug-likeness (QED) is 0.822. The molecule has 0 aliphatic carbocycles. The van der Waals surface area contributed by atoms with Crippen LogP contribution in [0, 0.1) is 0 Å². The number of methoxy groups -OCH3 is 2. The van der Waals surface area contributed by atoms with Crippen molar-refractivity contribution < 1.29 is 14.6 Å². The van der Waals surface area contributed by atoms with Gasteiger partial charge in [-0.2, -0.15) is 0 Å². The summed E-state index contributed by atoms with van der Waals surface area (Å²) < 4.78 is 10.5. The van der Waals surface area contributed by atoms with Crippen molar-refractivity contribution in [2.24, 2.45) is 0 Å². The molecule has 2 rings (SSSR count). The SMILES string of the molecule is COc1cc(CNC[C@@H](O)c2ccccc2)cc(Cl)c1OC. The molecule has 0 bridgehead atoms. The Morgan fingerprint density at radius 2 is 1.86 bits per heavy atom. The smallest absolute Gasteiger partial charge is 0.179 e. The Bertz CT molecular complexity index is 604. The van der Waals surface area contributed by atoms with Gasteiger partial charge in [-0.25, -0.2) is 0 Å². The molecule has 2 aromatic carbocycles. The predicted octanol–water partition coefficient (Wildman–Crippen LogP) is 3.18. The standard InChI is InChI=1S/C17H20ClNO3/c1-21-16-9-12(8-14(18)17(16)22-2)10-19-11-15(20)13-6-4-3-5-7-13/h3-9,15,19-20H,10-11H2,1-2H3/t15-/m1/s1. The molecule has 0 aliphatic heterocycles. The van der Waals surface area contributed by atoms with Gasteiger partial charge < -0.3 is 19.9 Å². The lowest BCUT2D eigenvalue weighted by Gasteiger charge is -2.14. The summed E-state index contributed by atoms with van der Waals surface area (Å²) in [5.41, 5.74) is 1.85. The van der Waals surface area contributed by atoms with Gasteiger partial charge in [0, 0.05) is 13.1 Å². The molecular weight excluding hydrogens is 302 g/mol. The van der Waals surface area contributed by atoms with Crippen LogP contribution in [0.3, 0.4) is 0 Å². The first-order chi connectivity index (χ1) is 10.7. The second-order valence-corrected chi connectivity index (χ2v) is 5.28. The van der Waals surface area contributed by atoms with Crippen molar-refractivity contribution in [3.63, 3.8) is 0 Å². The Hall–Kier alpha value is -1.75. The molecule has 0 saturated carbocycles. The Labute approximate surface area is 135 Å². The van der Waals surface area contributed by atoms with E-state index in [4.69, 9.17) is 21.1 Å². The number of benzene rings is 2. The molecule has 4 nitrogen and oxygen atoms in total. The van der Waals surface area contributed by atoms with E-state index >= 15 is 0 Å². The zero-order chi connectivity index (χ0) is 15.9. The van der Waals surface area contributed by atoms with Crippen LogP contribution in [0.2, 0.25) is 5.02 Å². The van der Waals surface area contributed by atoms with E-state index in [2.05, 4.69) is 5.32 Å². The fourth-order valence-electron chi connectivity index (χ4n) is 2.22. The van der Waals surface area contributed by atoms with Crippen LogP contribution in [-0.2, 0) is 6.54 Å². The minimum atomic E-state index is -0.545. The van der Waals surface area contributed by atoms with Crippen LogP contribution < -0.4 is 14.8 Å². The molecule has 1 atom stereocenters. The topological polar surface area (TPSA) is 50.7 Å². The first-order valence-corrected chi connectivity index (χ1v) is 7.37. The zero-order valence-electron chi connectivity index (χ0n) is 12.7. The van der Waals surface area contributed by atoms with Crippen LogP contribution >= 0.6 is 11.6 Å². The van der Waals surface area contributed by atoms with Crippen LogP contribution in [0.1, 0.15) is 17.2 Å². The molecule has 0 fully saturated rings. The van der Waals surface area contributed by atoms with E-state index < -0.39 is 6.10 Å². The van der Waals surface area contributed by atoms with Crippen LogP contribution in [0.5, 0.6) is 11.5 Å². The van der Waals surface area contributed by atoms with Gasteiger partial charge >= 0.3 is 0 Å². The molecule has 22 heavy (non-hydrogen) atoms. The van der Waals surface area contributed by atoms with E-state index in [-0.39, 0.29) is 0 Å². The summed E-state index contributed by atoms with van der Waals surface area (Å²) >= 11 is 6.17. The summed E-state index contributed by atoms with van der Waals surface area (Å²) in [6, 6.07) is 13.2. The van der Waals surface area contributed by atoms with Gasteiger partial charge in [0.1, 0.15) is 0 Å². The molecule has 5 heteroatoms. The van der Waals surface area contributed by atoms with Crippen molar-refractivity contribution in [1.29, 1.82) is 0 Å². The first-order valence-electron chi connectivity index (χ1n) is 6.99. The van der Waals surface area contributed by atoms with Gasteiger partial charge in [0.05, 0.1) is 25.3 Å².